The van der Waals surface area contributed by atoms with Crippen molar-refractivity contribution >= 4 is 22.5 Å². The zero-order valence-electron chi connectivity index (χ0n) is 16.0. The smallest absolute Gasteiger partial charge is 0.224 e. The lowest BCUT2D eigenvalue weighted by molar-refractivity contribution is -0.116. The summed E-state index contributed by atoms with van der Waals surface area (Å²) in [5, 5.41) is 4.03. The minimum atomic E-state index is 0.0284. The summed E-state index contributed by atoms with van der Waals surface area (Å²) in [5.74, 6) is 0.0284. The molecule has 0 radical (unpaired) electrons. The lowest BCUT2D eigenvalue weighted by Crippen LogP contribution is -2.13. The summed E-state index contributed by atoms with van der Waals surface area (Å²) in [4.78, 5) is 16.9. The van der Waals surface area contributed by atoms with Crippen LogP contribution in [0.4, 0.5) is 5.69 Å². The van der Waals surface area contributed by atoms with E-state index in [1.807, 2.05) is 37.3 Å². The molecule has 2 aromatic carbocycles. The Morgan fingerprint density at radius 3 is 2.42 bits per heavy atom. The average Bonchev–Trinajstić information content (AvgIpc) is 2.59. The molecule has 0 bridgehead atoms. The first-order valence-corrected chi connectivity index (χ1v) is 9.08. The fourth-order valence-corrected chi connectivity index (χ4v) is 3.05. The van der Waals surface area contributed by atoms with E-state index < -0.39 is 0 Å². The third-order valence-corrected chi connectivity index (χ3v) is 4.58. The highest BCUT2D eigenvalue weighted by molar-refractivity contribution is 6.01. The number of hydrogen-bond acceptors (Lipinski definition) is 2. The molecular weight excluding hydrogens is 320 g/mol. The van der Waals surface area contributed by atoms with Crippen LogP contribution in [0.15, 0.2) is 54.6 Å². The molecule has 0 fully saturated rings. The maximum Gasteiger partial charge on any atom is 0.224 e. The second kappa shape index (κ2) is 7.28. The van der Waals surface area contributed by atoms with Gasteiger partial charge in [0.15, 0.2) is 0 Å². The van der Waals surface area contributed by atoms with E-state index in [0.29, 0.717) is 6.42 Å². The third kappa shape index (κ3) is 4.29. The molecule has 134 valence electrons. The Morgan fingerprint density at radius 1 is 1.04 bits per heavy atom. The number of amides is 1. The molecule has 0 spiro atoms. The van der Waals surface area contributed by atoms with E-state index in [0.717, 1.165) is 28.7 Å². The fraction of sp³-hybridized carbons (Fsp3) is 0.304. The van der Waals surface area contributed by atoms with Crippen LogP contribution >= 0.6 is 0 Å². The number of carbonyl (C=O) groups excluding carboxylic acids is 1. The summed E-state index contributed by atoms with van der Waals surface area (Å²) in [7, 11) is 0. The monoisotopic (exact) mass is 346 g/mol. The molecule has 3 heteroatoms. The number of para-hydroxylation sites is 1. The standard InChI is InChI=1S/C23H26N2O/c1-16-15-21(19-7-5-6-8-20(19)24-16)25-22(26)14-11-17-9-12-18(13-10-17)23(2,3)4/h5-10,12-13,15H,11,14H2,1-4H3,(H,24,25,26). The number of carbonyl (C=O) groups is 1. The highest BCUT2D eigenvalue weighted by Crippen LogP contribution is 2.24. The van der Waals surface area contributed by atoms with Crippen molar-refractivity contribution in [2.45, 2.75) is 46.0 Å². The molecule has 0 aliphatic carbocycles. The van der Waals surface area contributed by atoms with Crippen LogP contribution in [0.2, 0.25) is 0 Å². The van der Waals surface area contributed by atoms with E-state index in [4.69, 9.17) is 0 Å². The second-order valence-electron chi connectivity index (χ2n) is 7.82. The number of hydrogen-bond donors (Lipinski definition) is 1. The summed E-state index contributed by atoms with van der Waals surface area (Å²) >= 11 is 0. The number of nitrogens with zero attached hydrogens (tertiary/aromatic N) is 1. The van der Waals surface area contributed by atoms with Crippen LogP contribution in [0, 0.1) is 6.92 Å². The second-order valence-corrected chi connectivity index (χ2v) is 7.82. The van der Waals surface area contributed by atoms with Crippen molar-refractivity contribution in [2.75, 3.05) is 5.32 Å². The lowest BCUT2D eigenvalue weighted by atomic mass is 9.86. The number of aryl methyl sites for hydroxylation is 2. The number of benzene rings is 2. The van der Waals surface area contributed by atoms with Crippen LogP contribution in [0.3, 0.4) is 0 Å². The first-order valence-electron chi connectivity index (χ1n) is 9.08. The first-order chi connectivity index (χ1) is 12.3. The van der Waals surface area contributed by atoms with Gasteiger partial charge >= 0.3 is 0 Å². The molecule has 0 saturated heterocycles. The van der Waals surface area contributed by atoms with Crippen LogP contribution in [0.5, 0.6) is 0 Å². The maximum atomic E-state index is 12.4. The minimum Gasteiger partial charge on any atom is -0.325 e. The summed E-state index contributed by atoms with van der Waals surface area (Å²) in [5.41, 5.74) is 5.28. The highest BCUT2D eigenvalue weighted by Gasteiger charge is 2.13. The number of pyridine rings is 1. The van der Waals surface area contributed by atoms with Crippen LogP contribution in [-0.2, 0) is 16.6 Å². The summed E-state index contributed by atoms with van der Waals surface area (Å²) in [6, 6.07) is 18.4. The van der Waals surface area contributed by atoms with Gasteiger partial charge in [0.25, 0.3) is 0 Å². The molecule has 0 aliphatic rings. The van der Waals surface area contributed by atoms with Gasteiger partial charge in [-0.3, -0.25) is 9.78 Å². The predicted molar refractivity (Wildman–Crippen MR) is 109 cm³/mol. The average molecular weight is 346 g/mol. The Labute approximate surface area is 155 Å². The van der Waals surface area contributed by atoms with E-state index >= 15 is 0 Å². The summed E-state index contributed by atoms with van der Waals surface area (Å²) < 4.78 is 0. The van der Waals surface area contributed by atoms with Crippen molar-refractivity contribution in [1.82, 2.24) is 4.98 Å². The maximum absolute atomic E-state index is 12.4. The normalized spacial score (nSPS) is 11.5. The minimum absolute atomic E-state index is 0.0284. The van der Waals surface area contributed by atoms with Crippen molar-refractivity contribution in [2.24, 2.45) is 0 Å². The van der Waals surface area contributed by atoms with E-state index in [1.165, 1.54) is 11.1 Å². The van der Waals surface area contributed by atoms with Crippen LogP contribution < -0.4 is 5.32 Å². The molecule has 3 rings (SSSR count). The van der Waals surface area contributed by atoms with E-state index in [2.05, 4.69) is 55.3 Å². The molecule has 3 nitrogen and oxygen atoms in total. The van der Waals surface area contributed by atoms with Gasteiger partial charge < -0.3 is 5.32 Å². The predicted octanol–water partition coefficient (Wildman–Crippen LogP) is 5.41. The van der Waals surface area contributed by atoms with Crippen LogP contribution in [-0.4, -0.2) is 10.9 Å². The van der Waals surface area contributed by atoms with Crippen molar-refractivity contribution in [1.29, 1.82) is 0 Å². The molecule has 1 aromatic heterocycles. The molecule has 0 saturated carbocycles. The van der Waals surface area contributed by atoms with Crippen molar-refractivity contribution < 1.29 is 4.79 Å². The van der Waals surface area contributed by atoms with Crippen LogP contribution in [0.25, 0.3) is 10.9 Å². The molecular formula is C23H26N2O. The molecule has 0 atom stereocenters. The Kier molecular flexibility index (Phi) is 5.08. The number of fused-ring (bicyclic) bond motifs is 1. The topological polar surface area (TPSA) is 42.0 Å². The van der Waals surface area contributed by atoms with Crippen molar-refractivity contribution in [3.8, 4) is 0 Å². The molecule has 0 aliphatic heterocycles. The van der Waals surface area contributed by atoms with Gasteiger partial charge in [-0.05, 0) is 42.0 Å². The van der Waals surface area contributed by atoms with Gasteiger partial charge in [-0.25, -0.2) is 0 Å². The van der Waals surface area contributed by atoms with E-state index in [9.17, 15) is 4.79 Å². The fourth-order valence-electron chi connectivity index (χ4n) is 3.05. The Balaban J connectivity index is 1.67. The molecule has 26 heavy (non-hydrogen) atoms. The van der Waals surface area contributed by atoms with Crippen molar-refractivity contribution in [3.63, 3.8) is 0 Å². The molecule has 1 heterocycles. The number of aromatic nitrogens is 1. The zero-order chi connectivity index (χ0) is 18.7. The van der Waals surface area contributed by atoms with Gasteiger partial charge in [-0.2, -0.15) is 0 Å². The van der Waals surface area contributed by atoms with Gasteiger partial charge in [0.05, 0.1) is 11.2 Å². The van der Waals surface area contributed by atoms with Gasteiger partial charge in [-0.15, -0.1) is 0 Å². The molecule has 1 N–H and O–H groups in total. The first kappa shape index (κ1) is 18.1. The van der Waals surface area contributed by atoms with Crippen LogP contribution in [0.1, 0.15) is 44.0 Å². The largest absolute Gasteiger partial charge is 0.325 e. The summed E-state index contributed by atoms with van der Waals surface area (Å²) in [6.07, 6.45) is 1.20. The quantitative estimate of drug-likeness (QED) is 0.686. The Bertz CT molecular complexity index is 921. The van der Waals surface area contributed by atoms with Crippen molar-refractivity contribution in [3.05, 3.63) is 71.4 Å². The van der Waals surface area contributed by atoms with Gasteiger partial charge in [0, 0.05) is 17.5 Å². The molecule has 0 unspecified atom stereocenters. The van der Waals surface area contributed by atoms with E-state index in [-0.39, 0.29) is 11.3 Å². The number of rotatable bonds is 4. The highest BCUT2D eigenvalue weighted by atomic mass is 16.1. The van der Waals surface area contributed by atoms with Gasteiger partial charge in [-0.1, -0.05) is 63.2 Å². The lowest BCUT2D eigenvalue weighted by Gasteiger charge is -2.19. The zero-order valence-corrected chi connectivity index (χ0v) is 16.0. The Hall–Kier alpha value is -2.68. The summed E-state index contributed by atoms with van der Waals surface area (Å²) in [6.45, 7) is 8.56. The number of nitrogens with one attached hydrogen (secondary N) is 1. The van der Waals surface area contributed by atoms with E-state index in [1.54, 1.807) is 0 Å². The third-order valence-electron chi connectivity index (χ3n) is 4.58. The number of anilines is 1. The van der Waals surface area contributed by atoms with Gasteiger partial charge in [0.2, 0.25) is 5.91 Å². The molecule has 3 aromatic rings. The SMILES string of the molecule is Cc1cc(NC(=O)CCc2ccc(C(C)(C)C)cc2)c2ccccc2n1. The van der Waals surface area contributed by atoms with Gasteiger partial charge in [0.1, 0.15) is 0 Å². The Morgan fingerprint density at radius 2 is 1.73 bits per heavy atom. The molecule has 1 amide bonds.